The predicted octanol–water partition coefficient (Wildman–Crippen LogP) is 4.42. The number of rotatable bonds is 7. The third kappa shape index (κ3) is 5.35. The molecule has 0 aromatic heterocycles. The topological polar surface area (TPSA) is 88.1 Å². The van der Waals surface area contributed by atoms with E-state index in [0.717, 1.165) is 0 Å². The number of halogens is 1. The second-order valence-corrected chi connectivity index (χ2v) is 8.52. The van der Waals surface area contributed by atoms with Crippen LogP contribution >= 0.6 is 15.9 Å². The van der Waals surface area contributed by atoms with Gasteiger partial charge in [0.1, 0.15) is 6.61 Å². The Hall–Kier alpha value is -3.49. The summed E-state index contributed by atoms with van der Waals surface area (Å²) in [5.74, 6) is -1.90. The minimum Gasteiger partial charge on any atom is -0.458 e. The number of hydrogen-bond acceptors (Lipinski definition) is 7. The summed E-state index contributed by atoms with van der Waals surface area (Å²) in [6.45, 7) is -0.537. The molecule has 1 fully saturated rings. The summed E-state index contributed by atoms with van der Waals surface area (Å²) in [6, 6.07) is 25.2. The van der Waals surface area contributed by atoms with Gasteiger partial charge in [0.2, 0.25) is 5.60 Å². The van der Waals surface area contributed by atoms with Crippen LogP contribution in [-0.4, -0.2) is 47.8 Å². The molecule has 1 aliphatic rings. The van der Waals surface area contributed by atoms with Gasteiger partial charge in [-0.25, -0.2) is 14.4 Å². The van der Waals surface area contributed by atoms with Crippen molar-refractivity contribution in [2.24, 2.45) is 0 Å². The van der Waals surface area contributed by atoms with Crippen LogP contribution in [0.15, 0.2) is 91.0 Å². The summed E-state index contributed by atoms with van der Waals surface area (Å²) in [5.41, 5.74) is -0.629. The third-order valence-corrected chi connectivity index (χ3v) is 5.99. The molecule has 3 aromatic carbocycles. The monoisotopic (exact) mass is 524 g/mol. The summed E-state index contributed by atoms with van der Waals surface area (Å²) in [5, 5.41) is -0.792. The van der Waals surface area contributed by atoms with Crippen LogP contribution in [0.25, 0.3) is 0 Å². The average Bonchev–Trinajstić information content (AvgIpc) is 3.19. The van der Waals surface area contributed by atoms with Crippen LogP contribution in [0.2, 0.25) is 0 Å². The molecule has 0 aliphatic carbocycles. The van der Waals surface area contributed by atoms with Crippen LogP contribution in [0.5, 0.6) is 0 Å². The van der Waals surface area contributed by atoms with Gasteiger partial charge in [0.25, 0.3) is 0 Å². The largest absolute Gasteiger partial charge is 0.458 e. The predicted molar refractivity (Wildman–Crippen MR) is 126 cm³/mol. The van der Waals surface area contributed by atoms with Gasteiger partial charge < -0.3 is 18.9 Å². The number of benzene rings is 3. The average molecular weight is 525 g/mol. The first-order valence-corrected chi connectivity index (χ1v) is 11.4. The van der Waals surface area contributed by atoms with Gasteiger partial charge in [-0.3, -0.25) is 0 Å². The van der Waals surface area contributed by atoms with Crippen molar-refractivity contribution in [2.75, 3.05) is 13.2 Å². The van der Waals surface area contributed by atoms with Crippen LogP contribution in [-0.2, 0) is 18.9 Å². The van der Waals surface area contributed by atoms with Crippen LogP contribution in [0, 0.1) is 0 Å². The highest BCUT2D eigenvalue weighted by atomic mass is 79.9. The van der Waals surface area contributed by atoms with Gasteiger partial charge in [-0.2, -0.15) is 0 Å². The van der Waals surface area contributed by atoms with Crippen molar-refractivity contribution in [3.63, 3.8) is 0 Å². The Balaban J connectivity index is 1.60. The first kappa shape index (κ1) is 23.7. The lowest BCUT2D eigenvalue weighted by molar-refractivity contribution is -0.102. The molecule has 1 heterocycles. The molecule has 0 saturated carbocycles. The zero-order valence-corrected chi connectivity index (χ0v) is 19.6. The number of carbonyl (C=O) groups is 3. The molecule has 174 valence electrons. The highest BCUT2D eigenvalue weighted by Gasteiger charge is 2.56. The maximum atomic E-state index is 13.0. The Morgan fingerprint density at radius 1 is 0.765 bits per heavy atom. The van der Waals surface area contributed by atoms with Crippen molar-refractivity contribution in [3.05, 3.63) is 108 Å². The van der Waals surface area contributed by atoms with E-state index in [2.05, 4.69) is 15.9 Å². The maximum Gasteiger partial charge on any atom is 0.339 e. The van der Waals surface area contributed by atoms with E-state index in [1.165, 1.54) is 0 Å². The minimum atomic E-state index is -1.57. The fourth-order valence-corrected chi connectivity index (χ4v) is 4.17. The Labute approximate surface area is 204 Å². The summed E-state index contributed by atoms with van der Waals surface area (Å²) >= 11 is 3.35. The minimum absolute atomic E-state index is 0.156. The second-order valence-electron chi connectivity index (χ2n) is 7.62. The van der Waals surface area contributed by atoms with Crippen molar-refractivity contribution in [3.8, 4) is 0 Å². The summed E-state index contributed by atoms with van der Waals surface area (Å²) in [7, 11) is 0. The molecule has 4 rings (SSSR count). The van der Waals surface area contributed by atoms with Gasteiger partial charge in [-0.1, -0.05) is 70.5 Å². The number of ether oxygens (including phenoxy) is 4. The molecule has 7 nitrogen and oxygen atoms in total. The fraction of sp³-hybridized carbons (Fsp3) is 0.192. The van der Waals surface area contributed by atoms with Gasteiger partial charge in [-0.05, 0) is 36.4 Å². The molecular formula is C26H21BrO7. The van der Waals surface area contributed by atoms with Crippen LogP contribution in [0.1, 0.15) is 31.1 Å². The SMILES string of the molecule is O=C(OC[C@@]1(OC(=O)c2ccccc2)COC(Br)[C@@H]1OC(=O)c1ccccc1)c1ccccc1. The maximum absolute atomic E-state index is 13.0. The molecule has 0 bridgehead atoms. The molecule has 0 radical (unpaired) electrons. The van der Waals surface area contributed by atoms with Gasteiger partial charge in [0.15, 0.2) is 11.1 Å². The van der Waals surface area contributed by atoms with E-state index in [9.17, 15) is 14.4 Å². The molecule has 1 saturated heterocycles. The number of carbonyl (C=O) groups excluding carboxylic acids is 3. The molecule has 1 aliphatic heterocycles. The lowest BCUT2D eigenvalue weighted by Gasteiger charge is -2.33. The summed E-state index contributed by atoms with van der Waals surface area (Å²) in [4.78, 5) is 38.4. The quantitative estimate of drug-likeness (QED) is 0.257. The van der Waals surface area contributed by atoms with Crippen molar-refractivity contribution in [1.29, 1.82) is 0 Å². The van der Waals surface area contributed by atoms with Crippen LogP contribution in [0.3, 0.4) is 0 Å². The zero-order valence-electron chi connectivity index (χ0n) is 18.0. The Morgan fingerprint density at radius 3 is 1.76 bits per heavy atom. The van der Waals surface area contributed by atoms with Gasteiger partial charge in [0.05, 0.1) is 23.3 Å². The molecule has 0 amide bonds. The third-order valence-electron chi connectivity index (χ3n) is 5.25. The summed E-state index contributed by atoms with van der Waals surface area (Å²) < 4.78 is 22.7. The van der Waals surface area contributed by atoms with Gasteiger partial charge in [0, 0.05) is 0 Å². The van der Waals surface area contributed by atoms with E-state index < -0.39 is 34.6 Å². The van der Waals surface area contributed by atoms with E-state index >= 15 is 0 Å². The van der Waals surface area contributed by atoms with E-state index in [0.29, 0.717) is 16.7 Å². The van der Waals surface area contributed by atoms with Gasteiger partial charge in [-0.15, -0.1) is 0 Å². The highest BCUT2D eigenvalue weighted by molar-refractivity contribution is 9.09. The van der Waals surface area contributed by atoms with Crippen molar-refractivity contribution < 1.29 is 33.3 Å². The lowest BCUT2D eigenvalue weighted by Crippen LogP contribution is -2.53. The van der Waals surface area contributed by atoms with E-state index in [-0.39, 0.29) is 13.2 Å². The first-order chi connectivity index (χ1) is 16.5. The standard InChI is InChI=1S/C26H21BrO7/c27-22-21(33-24(29)19-12-6-2-7-13-19)26(16-31-22,34-25(30)20-14-8-3-9-15-20)17-32-23(28)18-10-4-1-5-11-18/h1-15,21-22H,16-17H2/t21-,22?,26-/m0/s1. The molecule has 0 N–H and O–H groups in total. The van der Waals surface area contributed by atoms with Crippen molar-refractivity contribution in [2.45, 2.75) is 16.7 Å². The Kier molecular flexibility index (Phi) is 7.40. The second kappa shape index (κ2) is 10.6. The molecule has 1 unspecified atom stereocenters. The number of alkyl halides is 1. The summed E-state index contributed by atoms with van der Waals surface area (Å²) in [6.07, 6.45) is -1.09. The highest BCUT2D eigenvalue weighted by Crippen LogP contribution is 2.36. The molecular weight excluding hydrogens is 504 g/mol. The van der Waals surface area contributed by atoms with Crippen molar-refractivity contribution >= 4 is 33.8 Å². The van der Waals surface area contributed by atoms with E-state index in [1.54, 1.807) is 91.0 Å². The molecule has 34 heavy (non-hydrogen) atoms. The Morgan fingerprint density at radius 2 is 1.24 bits per heavy atom. The lowest BCUT2D eigenvalue weighted by atomic mass is 10.0. The number of esters is 3. The van der Waals surface area contributed by atoms with E-state index in [4.69, 9.17) is 18.9 Å². The van der Waals surface area contributed by atoms with Crippen LogP contribution in [0.4, 0.5) is 0 Å². The smallest absolute Gasteiger partial charge is 0.339 e. The fourth-order valence-electron chi connectivity index (χ4n) is 3.45. The normalized spacial score (nSPS) is 21.4. The number of hydrogen-bond donors (Lipinski definition) is 0. The van der Waals surface area contributed by atoms with Crippen molar-refractivity contribution in [1.82, 2.24) is 0 Å². The molecule has 8 heteroatoms. The molecule has 3 aromatic rings. The Bertz CT molecular complexity index is 1140. The van der Waals surface area contributed by atoms with Crippen LogP contribution < -0.4 is 0 Å². The molecule has 3 atom stereocenters. The van der Waals surface area contributed by atoms with E-state index in [1.807, 2.05) is 0 Å². The molecule has 0 spiro atoms. The first-order valence-electron chi connectivity index (χ1n) is 10.5. The zero-order chi connectivity index (χ0) is 24.0. The van der Waals surface area contributed by atoms with Gasteiger partial charge >= 0.3 is 17.9 Å².